The minimum absolute atomic E-state index is 0.0208. The van der Waals surface area contributed by atoms with E-state index in [1.807, 2.05) is 42.5 Å². The summed E-state index contributed by atoms with van der Waals surface area (Å²) in [5.74, 6) is 0.449. The summed E-state index contributed by atoms with van der Waals surface area (Å²) in [6.45, 7) is 0.740. The molecule has 0 saturated heterocycles. The van der Waals surface area contributed by atoms with E-state index in [1.54, 1.807) is 24.5 Å². The standard InChI is InChI=1S/C26H28N2O6S/c1-35(31,32)28-15-18-5-6-21(13-25(29)30)24(12-18)34-16-19-10-22-7-8-33-26(22)23(11-19)20-4-2-3-17(9-20)14-27/h2-12,25,28-30H,13-16,27H2,1H3. The summed E-state index contributed by atoms with van der Waals surface area (Å²) in [6.07, 6.45) is 1.17. The van der Waals surface area contributed by atoms with Gasteiger partial charge in [0.05, 0.1) is 12.5 Å². The van der Waals surface area contributed by atoms with Crippen LogP contribution in [0.3, 0.4) is 0 Å². The Morgan fingerprint density at radius 3 is 2.60 bits per heavy atom. The number of aliphatic hydroxyl groups is 2. The minimum atomic E-state index is -3.36. The van der Waals surface area contributed by atoms with Crippen molar-refractivity contribution in [2.75, 3.05) is 6.26 Å². The van der Waals surface area contributed by atoms with Gasteiger partial charge in [0.2, 0.25) is 10.0 Å². The molecule has 3 aromatic carbocycles. The van der Waals surface area contributed by atoms with Crippen LogP contribution < -0.4 is 15.2 Å². The Balaban J connectivity index is 1.64. The Kier molecular flexibility index (Phi) is 7.54. The van der Waals surface area contributed by atoms with Gasteiger partial charge in [-0.15, -0.1) is 0 Å². The number of nitrogens with two attached hydrogens (primary N) is 1. The number of rotatable bonds is 10. The Morgan fingerprint density at radius 1 is 1.03 bits per heavy atom. The SMILES string of the molecule is CS(=O)(=O)NCc1ccc(CC(O)O)c(OCc2cc(-c3cccc(CN)c3)c3occc3c2)c1. The van der Waals surface area contributed by atoms with Gasteiger partial charge in [0.25, 0.3) is 0 Å². The summed E-state index contributed by atoms with van der Waals surface area (Å²) < 4.78 is 37.2. The lowest BCUT2D eigenvalue weighted by Crippen LogP contribution is -2.21. The maximum atomic E-state index is 11.5. The van der Waals surface area contributed by atoms with Gasteiger partial charge in [-0.05, 0) is 58.1 Å². The summed E-state index contributed by atoms with van der Waals surface area (Å²) in [5, 5.41) is 19.9. The highest BCUT2D eigenvalue weighted by atomic mass is 32.2. The molecule has 184 valence electrons. The molecule has 4 rings (SSSR count). The zero-order chi connectivity index (χ0) is 25.0. The molecule has 0 fully saturated rings. The Hall–Kier alpha value is -3.21. The van der Waals surface area contributed by atoms with Crippen molar-refractivity contribution in [2.24, 2.45) is 5.73 Å². The number of furan rings is 1. The molecule has 1 aromatic heterocycles. The van der Waals surface area contributed by atoms with Crippen LogP contribution in [0.1, 0.15) is 22.3 Å². The molecule has 0 saturated carbocycles. The number of fused-ring (bicyclic) bond motifs is 1. The van der Waals surface area contributed by atoms with E-state index in [9.17, 15) is 18.6 Å². The molecule has 4 aromatic rings. The second-order valence-electron chi connectivity index (χ2n) is 8.40. The molecule has 1 heterocycles. The lowest BCUT2D eigenvalue weighted by molar-refractivity contribution is -0.0385. The van der Waals surface area contributed by atoms with Gasteiger partial charge >= 0.3 is 0 Å². The van der Waals surface area contributed by atoms with Crippen molar-refractivity contribution < 1.29 is 27.8 Å². The fourth-order valence-electron chi connectivity index (χ4n) is 3.89. The molecule has 0 unspecified atom stereocenters. The van der Waals surface area contributed by atoms with Crippen molar-refractivity contribution in [3.8, 4) is 16.9 Å². The first kappa shape index (κ1) is 24.9. The van der Waals surface area contributed by atoms with Crippen molar-refractivity contribution in [3.05, 3.63) is 89.2 Å². The quantitative estimate of drug-likeness (QED) is 0.248. The number of aliphatic hydroxyl groups excluding tert-OH is 1. The molecule has 0 aliphatic rings. The molecular formula is C26H28N2O6S. The summed E-state index contributed by atoms with van der Waals surface area (Å²) in [5.41, 5.74) is 11.7. The van der Waals surface area contributed by atoms with E-state index in [0.717, 1.165) is 39.5 Å². The Bertz CT molecular complexity index is 1430. The normalized spacial score (nSPS) is 11.9. The molecule has 0 bridgehead atoms. The van der Waals surface area contributed by atoms with E-state index >= 15 is 0 Å². The maximum Gasteiger partial charge on any atom is 0.209 e. The van der Waals surface area contributed by atoms with Crippen LogP contribution >= 0.6 is 0 Å². The first-order chi connectivity index (χ1) is 16.7. The predicted molar refractivity (Wildman–Crippen MR) is 134 cm³/mol. The largest absolute Gasteiger partial charge is 0.489 e. The zero-order valence-corrected chi connectivity index (χ0v) is 20.1. The van der Waals surface area contributed by atoms with Crippen molar-refractivity contribution in [2.45, 2.75) is 32.4 Å². The third kappa shape index (κ3) is 6.47. The van der Waals surface area contributed by atoms with Crippen LogP contribution in [-0.2, 0) is 36.1 Å². The Labute approximate surface area is 204 Å². The fraction of sp³-hybridized carbons (Fsp3) is 0.231. The second kappa shape index (κ2) is 10.6. The van der Waals surface area contributed by atoms with Gasteiger partial charge in [0.15, 0.2) is 6.29 Å². The van der Waals surface area contributed by atoms with Gasteiger partial charge in [-0.25, -0.2) is 13.1 Å². The number of hydrogen-bond acceptors (Lipinski definition) is 7. The van der Waals surface area contributed by atoms with Gasteiger partial charge in [-0.2, -0.15) is 0 Å². The highest BCUT2D eigenvalue weighted by Crippen LogP contribution is 2.32. The first-order valence-electron chi connectivity index (χ1n) is 11.1. The smallest absolute Gasteiger partial charge is 0.209 e. The van der Waals surface area contributed by atoms with Crippen LogP contribution in [0.5, 0.6) is 5.75 Å². The third-order valence-electron chi connectivity index (χ3n) is 5.55. The van der Waals surface area contributed by atoms with E-state index in [2.05, 4.69) is 4.72 Å². The van der Waals surface area contributed by atoms with E-state index in [-0.39, 0.29) is 19.6 Å². The van der Waals surface area contributed by atoms with Crippen LogP contribution in [-0.4, -0.2) is 31.2 Å². The maximum absolute atomic E-state index is 11.5. The van der Waals surface area contributed by atoms with Crippen LogP contribution in [0.4, 0.5) is 0 Å². The first-order valence-corrected chi connectivity index (χ1v) is 13.0. The summed E-state index contributed by atoms with van der Waals surface area (Å²) in [4.78, 5) is 0. The highest BCUT2D eigenvalue weighted by Gasteiger charge is 2.13. The summed E-state index contributed by atoms with van der Waals surface area (Å²) >= 11 is 0. The summed E-state index contributed by atoms with van der Waals surface area (Å²) in [6, 6.07) is 19.0. The van der Waals surface area contributed by atoms with Gasteiger partial charge in [-0.3, -0.25) is 0 Å². The number of benzene rings is 3. The molecule has 35 heavy (non-hydrogen) atoms. The van der Waals surface area contributed by atoms with Crippen LogP contribution in [0.15, 0.2) is 71.3 Å². The number of ether oxygens (including phenoxy) is 1. The lowest BCUT2D eigenvalue weighted by Gasteiger charge is -2.15. The van der Waals surface area contributed by atoms with Crippen molar-refractivity contribution in [1.29, 1.82) is 0 Å². The molecule has 0 spiro atoms. The topological polar surface area (TPSA) is 135 Å². The third-order valence-corrected chi connectivity index (χ3v) is 6.22. The second-order valence-corrected chi connectivity index (χ2v) is 10.2. The summed E-state index contributed by atoms with van der Waals surface area (Å²) in [7, 11) is -3.36. The predicted octanol–water partition coefficient (Wildman–Crippen LogP) is 3.04. The molecular weight excluding hydrogens is 468 g/mol. The van der Waals surface area contributed by atoms with Gasteiger partial charge < -0.3 is 25.1 Å². The average Bonchev–Trinajstić information content (AvgIpc) is 3.30. The minimum Gasteiger partial charge on any atom is -0.489 e. The molecule has 0 aliphatic carbocycles. The lowest BCUT2D eigenvalue weighted by atomic mass is 9.99. The van der Waals surface area contributed by atoms with Gasteiger partial charge in [-0.1, -0.05) is 30.3 Å². The fourth-order valence-corrected chi connectivity index (χ4v) is 4.32. The Morgan fingerprint density at radius 2 is 1.86 bits per heavy atom. The van der Waals surface area contributed by atoms with E-state index in [4.69, 9.17) is 14.9 Å². The van der Waals surface area contributed by atoms with E-state index in [1.165, 1.54) is 0 Å². The van der Waals surface area contributed by atoms with Crippen LogP contribution in [0.25, 0.3) is 22.1 Å². The highest BCUT2D eigenvalue weighted by molar-refractivity contribution is 7.88. The molecule has 9 heteroatoms. The van der Waals surface area contributed by atoms with E-state index in [0.29, 0.717) is 23.4 Å². The molecule has 0 atom stereocenters. The molecule has 0 radical (unpaired) electrons. The van der Waals surface area contributed by atoms with Crippen molar-refractivity contribution >= 4 is 21.0 Å². The van der Waals surface area contributed by atoms with Gasteiger partial charge in [0.1, 0.15) is 17.9 Å². The number of sulfonamides is 1. The number of hydrogen-bond donors (Lipinski definition) is 4. The van der Waals surface area contributed by atoms with Crippen LogP contribution in [0.2, 0.25) is 0 Å². The molecule has 8 nitrogen and oxygen atoms in total. The number of nitrogens with one attached hydrogen (secondary N) is 1. The molecule has 0 amide bonds. The monoisotopic (exact) mass is 496 g/mol. The van der Waals surface area contributed by atoms with Gasteiger partial charge in [0, 0.05) is 30.5 Å². The molecule has 5 N–H and O–H groups in total. The average molecular weight is 497 g/mol. The van der Waals surface area contributed by atoms with Crippen molar-refractivity contribution in [3.63, 3.8) is 0 Å². The zero-order valence-electron chi connectivity index (χ0n) is 19.3. The molecule has 0 aliphatic heterocycles. The van der Waals surface area contributed by atoms with Crippen molar-refractivity contribution in [1.82, 2.24) is 4.72 Å². The van der Waals surface area contributed by atoms with Crippen LogP contribution in [0, 0.1) is 0 Å². The van der Waals surface area contributed by atoms with E-state index < -0.39 is 16.3 Å².